The van der Waals surface area contributed by atoms with Crippen molar-refractivity contribution in [3.05, 3.63) is 106 Å². The molecule has 0 radical (unpaired) electrons. The number of amides is 3. The number of anilines is 3. The number of nitrogens with zero attached hydrogens (tertiary/aromatic N) is 3. The van der Waals surface area contributed by atoms with Crippen molar-refractivity contribution in [2.45, 2.75) is 58.1 Å². The first kappa shape index (κ1) is 40.0. The van der Waals surface area contributed by atoms with Gasteiger partial charge in [-0.05, 0) is 80.6 Å². The third kappa shape index (κ3) is 13.3. The Kier molecular flexibility index (Phi) is 15.3. The minimum Gasteiger partial charge on any atom is -0.326 e. The molecule has 1 saturated heterocycles. The second kappa shape index (κ2) is 20.3. The van der Waals surface area contributed by atoms with Gasteiger partial charge in [0, 0.05) is 88.6 Å². The van der Waals surface area contributed by atoms with Gasteiger partial charge in [0.1, 0.15) is 0 Å². The standard InChI is InChI=1S/C39H43BrN6O5S2/c1-44-21-23-45(24-22-44)20-19-39(49)43-33-25-28(40)17-18-35(33)52-31-11-7-9-29(26-31)41-37(47)15-3-2-4-16-38(48)42-30-10-8-12-32(27-30)53-36-14-6-5-13-34(36)46(50)51/h5-14,17-18,25-27H,2-4,15-16,19-24H2,1H3,(H,41,47)(H,42,48)(H,43,49). The number of likely N-dealkylation sites (N-methyl/N-ethyl adjacent to an activating group) is 1. The minimum atomic E-state index is -0.406. The van der Waals surface area contributed by atoms with E-state index < -0.39 is 4.92 Å². The van der Waals surface area contributed by atoms with Crippen LogP contribution in [0.25, 0.3) is 0 Å². The van der Waals surface area contributed by atoms with E-state index in [1.165, 1.54) is 29.6 Å². The van der Waals surface area contributed by atoms with Crippen molar-refractivity contribution in [2.24, 2.45) is 0 Å². The van der Waals surface area contributed by atoms with Crippen LogP contribution in [0.5, 0.6) is 0 Å². The largest absolute Gasteiger partial charge is 0.326 e. The van der Waals surface area contributed by atoms with E-state index in [9.17, 15) is 24.5 Å². The molecular weight excluding hydrogens is 777 g/mol. The molecule has 1 aliphatic rings. The van der Waals surface area contributed by atoms with Crippen molar-refractivity contribution >= 4 is 79.9 Å². The normalized spacial score (nSPS) is 13.3. The van der Waals surface area contributed by atoms with E-state index in [1.54, 1.807) is 36.4 Å². The zero-order valence-corrected chi connectivity index (χ0v) is 32.7. The van der Waals surface area contributed by atoms with Crippen molar-refractivity contribution in [1.29, 1.82) is 0 Å². The lowest BCUT2D eigenvalue weighted by Gasteiger charge is -2.32. The maximum atomic E-state index is 12.9. The SMILES string of the molecule is CN1CCN(CCC(=O)Nc2cc(Br)ccc2Sc2cccc(NC(=O)CCCCCC(=O)Nc3cccc(Sc4ccccc4[N+](=O)[O-])c3)c2)CC1. The highest BCUT2D eigenvalue weighted by atomic mass is 79.9. The number of unbranched alkanes of at least 4 members (excludes halogenated alkanes) is 2. The van der Waals surface area contributed by atoms with E-state index in [4.69, 9.17) is 0 Å². The first-order chi connectivity index (χ1) is 25.6. The average molecular weight is 820 g/mol. The number of benzene rings is 4. The molecule has 0 atom stereocenters. The number of carbonyl (C=O) groups excluding carboxylic acids is 3. The molecule has 0 saturated carbocycles. The molecule has 1 heterocycles. The number of para-hydroxylation sites is 1. The van der Waals surface area contributed by atoms with Crippen molar-refractivity contribution < 1.29 is 19.3 Å². The van der Waals surface area contributed by atoms with Crippen LogP contribution < -0.4 is 16.0 Å². The summed E-state index contributed by atoms with van der Waals surface area (Å²) in [4.78, 5) is 56.9. The topological polar surface area (TPSA) is 137 Å². The number of nitro benzene ring substituents is 1. The second-order valence-electron chi connectivity index (χ2n) is 12.7. The maximum absolute atomic E-state index is 12.9. The van der Waals surface area contributed by atoms with Gasteiger partial charge in [0.25, 0.3) is 5.69 Å². The highest BCUT2D eigenvalue weighted by molar-refractivity contribution is 9.10. The predicted molar refractivity (Wildman–Crippen MR) is 216 cm³/mol. The Bertz CT molecular complexity index is 1910. The van der Waals surface area contributed by atoms with Crippen LogP contribution in [-0.4, -0.2) is 72.2 Å². The molecule has 4 aromatic carbocycles. The highest BCUT2D eigenvalue weighted by Gasteiger charge is 2.17. The molecule has 1 fully saturated rings. The van der Waals surface area contributed by atoms with Gasteiger partial charge in [-0.25, -0.2) is 0 Å². The van der Waals surface area contributed by atoms with Gasteiger partial charge < -0.3 is 25.8 Å². The van der Waals surface area contributed by atoms with Crippen LogP contribution in [0.2, 0.25) is 0 Å². The molecule has 5 rings (SSSR count). The summed E-state index contributed by atoms with van der Waals surface area (Å²) < 4.78 is 0.873. The Hall–Kier alpha value is -4.21. The van der Waals surface area contributed by atoms with E-state index in [0.29, 0.717) is 48.4 Å². The molecule has 4 aromatic rings. The number of piperazine rings is 1. The smallest absolute Gasteiger partial charge is 0.283 e. The molecule has 278 valence electrons. The molecular formula is C39H43BrN6O5S2. The molecule has 11 nitrogen and oxygen atoms in total. The van der Waals surface area contributed by atoms with E-state index in [1.807, 2.05) is 48.5 Å². The van der Waals surface area contributed by atoms with Gasteiger partial charge >= 0.3 is 0 Å². The van der Waals surface area contributed by atoms with E-state index in [2.05, 4.69) is 48.7 Å². The summed E-state index contributed by atoms with van der Waals surface area (Å²) >= 11 is 6.31. The number of nitrogens with one attached hydrogen (secondary N) is 3. The molecule has 3 N–H and O–H groups in total. The third-order valence-electron chi connectivity index (χ3n) is 8.53. The number of rotatable bonds is 17. The first-order valence-corrected chi connectivity index (χ1v) is 19.9. The molecule has 0 aliphatic carbocycles. The molecule has 0 unspecified atom stereocenters. The summed E-state index contributed by atoms with van der Waals surface area (Å²) in [5.41, 5.74) is 2.08. The van der Waals surface area contributed by atoms with E-state index in [-0.39, 0.29) is 23.4 Å². The average Bonchev–Trinajstić information content (AvgIpc) is 3.13. The summed E-state index contributed by atoms with van der Waals surface area (Å²) in [6, 6.07) is 27.2. The van der Waals surface area contributed by atoms with Crippen molar-refractivity contribution in [3.63, 3.8) is 0 Å². The minimum absolute atomic E-state index is 0.0226. The summed E-state index contributed by atoms with van der Waals surface area (Å²) in [5.74, 6) is -0.247. The summed E-state index contributed by atoms with van der Waals surface area (Å²) in [5, 5.41) is 20.3. The van der Waals surface area contributed by atoms with Crippen LogP contribution >= 0.6 is 39.5 Å². The van der Waals surface area contributed by atoms with Gasteiger partial charge in [-0.2, -0.15) is 0 Å². The van der Waals surface area contributed by atoms with Crippen LogP contribution in [0.15, 0.2) is 115 Å². The molecule has 53 heavy (non-hydrogen) atoms. The van der Waals surface area contributed by atoms with Crippen LogP contribution in [-0.2, 0) is 14.4 Å². The Labute approximate surface area is 326 Å². The zero-order chi connectivity index (χ0) is 37.6. The first-order valence-electron chi connectivity index (χ1n) is 17.5. The Morgan fingerprint density at radius 2 is 1.28 bits per heavy atom. The van der Waals surface area contributed by atoms with Gasteiger partial charge in [0.2, 0.25) is 17.7 Å². The van der Waals surface area contributed by atoms with Gasteiger partial charge in [-0.3, -0.25) is 24.5 Å². The number of carbonyl (C=O) groups is 3. The summed E-state index contributed by atoms with van der Waals surface area (Å²) in [6.45, 7) is 4.71. The lowest BCUT2D eigenvalue weighted by atomic mass is 10.1. The monoisotopic (exact) mass is 818 g/mol. The summed E-state index contributed by atoms with van der Waals surface area (Å²) in [6.07, 6.45) is 3.08. The lowest BCUT2D eigenvalue weighted by Crippen LogP contribution is -2.45. The number of halogens is 1. The van der Waals surface area contributed by atoms with Crippen molar-refractivity contribution in [2.75, 3.05) is 55.7 Å². The van der Waals surface area contributed by atoms with E-state index in [0.717, 1.165) is 64.0 Å². The Balaban J connectivity index is 1.02. The second-order valence-corrected chi connectivity index (χ2v) is 15.9. The fourth-order valence-corrected chi connectivity index (χ4v) is 7.93. The Morgan fingerprint density at radius 3 is 1.91 bits per heavy atom. The van der Waals surface area contributed by atoms with Crippen molar-refractivity contribution in [1.82, 2.24) is 9.80 Å². The summed E-state index contributed by atoms with van der Waals surface area (Å²) in [7, 11) is 2.12. The molecule has 3 amide bonds. The number of nitro groups is 1. The fourth-order valence-electron chi connectivity index (χ4n) is 5.65. The van der Waals surface area contributed by atoms with Gasteiger partial charge in [-0.15, -0.1) is 0 Å². The Morgan fingerprint density at radius 1 is 0.698 bits per heavy atom. The highest BCUT2D eigenvalue weighted by Crippen LogP contribution is 2.37. The van der Waals surface area contributed by atoms with Gasteiger partial charge in [0.05, 0.1) is 15.5 Å². The van der Waals surface area contributed by atoms with Gasteiger partial charge in [-0.1, -0.05) is 70.1 Å². The fraction of sp³-hybridized carbons (Fsp3) is 0.308. The third-order valence-corrected chi connectivity index (χ3v) is 11.1. The molecule has 1 aliphatic heterocycles. The predicted octanol–water partition coefficient (Wildman–Crippen LogP) is 8.76. The molecule has 0 spiro atoms. The quantitative estimate of drug-likeness (QED) is 0.0543. The molecule has 14 heteroatoms. The van der Waals surface area contributed by atoms with Crippen LogP contribution in [0.1, 0.15) is 38.5 Å². The number of hydrogen-bond acceptors (Lipinski definition) is 9. The zero-order valence-electron chi connectivity index (χ0n) is 29.5. The lowest BCUT2D eigenvalue weighted by molar-refractivity contribution is -0.387. The number of hydrogen-bond donors (Lipinski definition) is 3. The van der Waals surface area contributed by atoms with E-state index >= 15 is 0 Å². The van der Waals surface area contributed by atoms with Crippen molar-refractivity contribution in [3.8, 4) is 0 Å². The van der Waals surface area contributed by atoms with Crippen LogP contribution in [0.4, 0.5) is 22.7 Å². The molecule has 0 aromatic heterocycles. The van der Waals surface area contributed by atoms with Gasteiger partial charge in [0.15, 0.2) is 0 Å². The molecule has 0 bridgehead atoms. The maximum Gasteiger partial charge on any atom is 0.283 e. The van der Waals surface area contributed by atoms with Crippen LogP contribution in [0, 0.1) is 10.1 Å². The van der Waals surface area contributed by atoms with Crippen LogP contribution in [0.3, 0.4) is 0 Å².